The lowest BCUT2D eigenvalue weighted by molar-refractivity contribution is -0.151. The van der Waals surface area contributed by atoms with Crippen LogP contribution in [0.4, 0.5) is 13.2 Å². The van der Waals surface area contributed by atoms with E-state index in [-0.39, 0.29) is 5.56 Å². The van der Waals surface area contributed by atoms with Crippen molar-refractivity contribution >= 4 is 17.8 Å². The molecule has 1 aromatic carbocycles. The molecule has 2 atom stereocenters. The predicted molar refractivity (Wildman–Crippen MR) is 77.0 cm³/mol. The standard InChI is InChI=1S/C15H16F3NO6/c1-24-11(20)7-10(14(23)25-2)19-13(22)12(21)8-3-5-9(6-4-8)15(16,17)18/h3-6,10,12,21H,7H2,1-2H3,(H,19,22)/t10-,12-/m1/s1. The van der Waals surface area contributed by atoms with Crippen molar-refractivity contribution in [1.29, 1.82) is 0 Å². The van der Waals surface area contributed by atoms with Crippen molar-refractivity contribution < 1.29 is 42.1 Å². The summed E-state index contributed by atoms with van der Waals surface area (Å²) >= 11 is 0. The molecular weight excluding hydrogens is 347 g/mol. The Labute approximate surface area is 140 Å². The van der Waals surface area contributed by atoms with Gasteiger partial charge in [-0.1, -0.05) is 12.1 Å². The molecule has 0 aliphatic carbocycles. The second-order valence-corrected chi connectivity index (χ2v) is 4.89. The first-order valence-electron chi connectivity index (χ1n) is 6.90. The fraction of sp³-hybridized carbons (Fsp3) is 0.400. The average molecular weight is 363 g/mol. The minimum atomic E-state index is -4.55. The van der Waals surface area contributed by atoms with Crippen molar-refractivity contribution in [2.24, 2.45) is 0 Å². The van der Waals surface area contributed by atoms with Crippen molar-refractivity contribution in [1.82, 2.24) is 5.32 Å². The molecule has 0 radical (unpaired) electrons. The molecule has 0 fully saturated rings. The van der Waals surface area contributed by atoms with Crippen molar-refractivity contribution in [3.05, 3.63) is 35.4 Å². The van der Waals surface area contributed by atoms with Gasteiger partial charge in [-0.25, -0.2) is 4.79 Å². The molecule has 0 unspecified atom stereocenters. The van der Waals surface area contributed by atoms with Crippen molar-refractivity contribution in [2.75, 3.05) is 14.2 Å². The lowest BCUT2D eigenvalue weighted by Gasteiger charge is -2.18. The number of benzene rings is 1. The first-order chi connectivity index (χ1) is 11.6. The number of hydrogen-bond acceptors (Lipinski definition) is 6. The molecule has 0 saturated carbocycles. The number of carbonyl (C=O) groups is 3. The fourth-order valence-corrected chi connectivity index (χ4v) is 1.84. The van der Waals surface area contributed by atoms with Crippen molar-refractivity contribution in [3.63, 3.8) is 0 Å². The maximum atomic E-state index is 12.5. The zero-order valence-electron chi connectivity index (χ0n) is 13.3. The summed E-state index contributed by atoms with van der Waals surface area (Å²) in [6, 6.07) is 1.87. The van der Waals surface area contributed by atoms with Crippen LogP contribution in [-0.4, -0.2) is 43.2 Å². The van der Waals surface area contributed by atoms with Crippen LogP contribution >= 0.6 is 0 Å². The Morgan fingerprint density at radius 2 is 1.68 bits per heavy atom. The Kier molecular flexibility index (Phi) is 6.92. The van der Waals surface area contributed by atoms with E-state index in [0.717, 1.165) is 26.4 Å². The van der Waals surface area contributed by atoms with E-state index in [9.17, 15) is 32.7 Å². The third-order valence-electron chi connectivity index (χ3n) is 3.20. The second kappa shape index (κ2) is 8.47. The summed E-state index contributed by atoms with van der Waals surface area (Å²) < 4.78 is 46.3. The van der Waals surface area contributed by atoms with E-state index in [2.05, 4.69) is 14.8 Å². The summed E-state index contributed by atoms with van der Waals surface area (Å²) in [5.74, 6) is -2.84. The van der Waals surface area contributed by atoms with Gasteiger partial charge in [0, 0.05) is 0 Å². The molecule has 138 valence electrons. The normalized spacial score (nSPS) is 13.5. The number of aliphatic hydroxyl groups excluding tert-OH is 1. The van der Waals surface area contributed by atoms with Gasteiger partial charge < -0.3 is 19.9 Å². The van der Waals surface area contributed by atoms with Gasteiger partial charge >= 0.3 is 18.1 Å². The van der Waals surface area contributed by atoms with Crippen LogP contribution in [-0.2, 0) is 30.0 Å². The summed E-state index contributed by atoms with van der Waals surface area (Å²) in [6.45, 7) is 0. The summed E-state index contributed by atoms with van der Waals surface area (Å²) in [7, 11) is 2.11. The molecule has 1 rings (SSSR count). The number of alkyl halides is 3. The minimum Gasteiger partial charge on any atom is -0.469 e. The van der Waals surface area contributed by atoms with Crippen LogP contribution in [0.2, 0.25) is 0 Å². The Morgan fingerprint density at radius 1 is 1.12 bits per heavy atom. The molecular formula is C15H16F3NO6. The molecule has 1 amide bonds. The molecule has 2 N–H and O–H groups in total. The van der Waals surface area contributed by atoms with Crippen LogP contribution in [0.1, 0.15) is 23.7 Å². The van der Waals surface area contributed by atoms with Crippen LogP contribution in [0.5, 0.6) is 0 Å². The molecule has 10 heteroatoms. The second-order valence-electron chi connectivity index (χ2n) is 4.89. The van der Waals surface area contributed by atoms with Crippen molar-refractivity contribution in [2.45, 2.75) is 24.7 Å². The first-order valence-corrected chi connectivity index (χ1v) is 6.90. The highest BCUT2D eigenvalue weighted by molar-refractivity contribution is 5.90. The van der Waals surface area contributed by atoms with Crippen molar-refractivity contribution in [3.8, 4) is 0 Å². The largest absolute Gasteiger partial charge is 0.469 e. The van der Waals surface area contributed by atoms with E-state index in [4.69, 9.17) is 0 Å². The maximum Gasteiger partial charge on any atom is 0.416 e. The summed E-state index contributed by atoms with van der Waals surface area (Å²) in [6.07, 6.45) is -6.93. The molecule has 0 aliphatic rings. The number of amides is 1. The van der Waals surface area contributed by atoms with Gasteiger partial charge in [0.05, 0.1) is 26.2 Å². The number of halogens is 3. The van der Waals surface area contributed by atoms with Crippen LogP contribution in [0.25, 0.3) is 0 Å². The summed E-state index contributed by atoms with van der Waals surface area (Å²) in [4.78, 5) is 34.8. The third-order valence-corrected chi connectivity index (χ3v) is 3.20. The van der Waals surface area contributed by atoms with Gasteiger partial charge in [0.2, 0.25) is 0 Å². The number of carbonyl (C=O) groups excluding carboxylic acids is 3. The van der Waals surface area contributed by atoms with Crippen LogP contribution < -0.4 is 5.32 Å². The molecule has 7 nitrogen and oxygen atoms in total. The Morgan fingerprint density at radius 3 is 2.12 bits per heavy atom. The van der Waals surface area contributed by atoms with E-state index in [1.54, 1.807) is 0 Å². The van der Waals surface area contributed by atoms with Gasteiger partial charge in [-0.05, 0) is 17.7 Å². The predicted octanol–water partition coefficient (Wildman–Crippen LogP) is 0.960. The molecule has 0 bridgehead atoms. The molecule has 0 spiro atoms. The highest BCUT2D eigenvalue weighted by atomic mass is 19.4. The minimum absolute atomic E-state index is 0.118. The molecule has 0 saturated heterocycles. The van der Waals surface area contributed by atoms with E-state index in [1.165, 1.54) is 0 Å². The van der Waals surface area contributed by atoms with Gasteiger partial charge in [0.25, 0.3) is 5.91 Å². The molecule has 1 aromatic rings. The summed E-state index contributed by atoms with van der Waals surface area (Å²) in [5, 5.41) is 12.0. The Bertz CT molecular complexity index is 629. The van der Waals surface area contributed by atoms with E-state index in [1.807, 2.05) is 0 Å². The molecule has 0 heterocycles. The van der Waals surface area contributed by atoms with Gasteiger partial charge in [-0.2, -0.15) is 13.2 Å². The SMILES string of the molecule is COC(=O)C[C@@H](NC(=O)[C@H](O)c1ccc(C(F)(F)F)cc1)C(=O)OC. The van der Waals surface area contributed by atoms with Gasteiger partial charge in [0.1, 0.15) is 6.04 Å². The fourth-order valence-electron chi connectivity index (χ4n) is 1.84. The average Bonchev–Trinajstić information content (AvgIpc) is 2.58. The molecule has 0 aromatic heterocycles. The lowest BCUT2D eigenvalue weighted by atomic mass is 10.1. The van der Waals surface area contributed by atoms with Gasteiger partial charge in [-0.15, -0.1) is 0 Å². The number of nitrogens with one attached hydrogen (secondary N) is 1. The topological polar surface area (TPSA) is 102 Å². The monoisotopic (exact) mass is 363 g/mol. The highest BCUT2D eigenvalue weighted by Crippen LogP contribution is 2.29. The van der Waals surface area contributed by atoms with Gasteiger partial charge in [-0.3, -0.25) is 9.59 Å². The number of hydrogen-bond donors (Lipinski definition) is 2. The number of rotatable bonds is 6. The van der Waals surface area contributed by atoms with E-state index in [0.29, 0.717) is 12.1 Å². The van der Waals surface area contributed by atoms with Crippen LogP contribution in [0, 0.1) is 0 Å². The first kappa shape index (κ1) is 20.4. The Hall–Kier alpha value is -2.62. The number of esters is 2. The zero-order chi connectivity index (χ0) is 19.2. The highest BCUT2D eigenvalue weighted by Gasteiger charge is 2.31. The smallest absolute Gasteiger partial charge is 0.416 e. The van der Waals surface area contributed by atoms with Crippen LogP contribution in [0.3, 0.4) is 0 Å². The lowest BCUT2D eigenvalue weighted by Crippen LogP contribution is -2.45. The van der Waals surface area contributed by atoms with Crippen LogP contribution in [0.15, 0.2) is 24.3 Å². The molecule has 25 heavy (non-hydrogen) atoms. The molecule has 0 aliphatic heterocycles. The third kappa shape index (κ3) is 5.75. The van der Waals surface area contributed by atoms with Gasteiger partial charge in [0.15, 0.2) is 6.10 Å². The number of ether oxygens (including phenoxy) is 2. The number of methoxy groups -OCH3 is 2. The Balaban J connectivity index is 2.86. The summed E-state index contributed by atoms with van der Waals surface area (Å²) in [5.41, 5.74) is -1.06. The van der Waals surface area contributed by atoms with E-state index >= 15 is 0 Å². The zero-order valence-corrected chi connectivity index (χ0v) is 13.3. The maximum absolute atomic E-state index is 12.5. The van der Waals surface area contributed by atoms with E-state index < -0.39 is 48.2 Å². The number of aliphatic hydroxyl groups is 1. The quantitative estimate of drug-likeness (QED) is 0.730.